The van der Waals surface area contributed by atoms with Gasteiger partial charge in [0.05, 0.1) is 6.42 Å². The van der Waals surface area contributed by atoms with E-state index in [-0.39, 0.29) is 17.3 Å². The van der Waals surface area contributed by atoms with Crippen LogP contribution in [0.4, 0.5) is 0 Å². The molecule has 0 aliphatic carbocycles. The molecule has 0 aromatic heterocycles. The zero-order valence-electron chi connectivity index (χ0n) is 12.6. The molecule has 1 aromatic carbocycles. The third-order valence-corrected chi connectivity index (χ3v) is 4.30. The monoisotopic (exact) mass is 276 g/mol. The molecule has 1 aliphatic heterocycles. The molecule has 110 valence electrons. The number of benzene rings is 1. The highest BCUT2D eigenvalue weighted by molar-refractivity contribution is 5.69. The lowest BCUT2D eigenvalue weighted by atomic mass is 9.71. The van der Waals surface area contributed by atoms with Crippen LogP contribution in [0.25, 0.3) is 0 Å². The number of carboxylic acids is 1. The summed E-state index contributed by atoms with van der Waals surface area (Å²) in [6, 6.07) is 8.48. The molecule has 1 N–H and O–H groups in total. The van der Waals surface area contributed by atoms with Crippen LogP contribution < -0.4 is 0 Å². The fraction of sp³-hybridized carbons (Fsp3) is 0.588. The lowest BCUT2D eigenvalue weighted by Crippen LogP contribution is -2.36. The minimum absolute atomic E-state index is 0.119. The van der Waals surface area contributed by atoms with E-state index < -0.39 is 5.97 Å². The van der Waals surface area contributed by atoms with Gasteiger partial charge >= 0.3 is 5.97 Å². The SMILES string of the molecule is CC(C)(C)c1ccc(C2(CC(=O)O)CCOCC2)cc1. The van der Waals surface area contributed by atoms with E-state index in [0.29, 0.717) is 13.2 Å². The normalized spacial score (nSPS) is 18.8. The maximum Gasteiger partial charge on any atom is 0.304 e. The predicted octanol–water partition coefficient (Wildman–Crippen LogP) is 3.51. The minimum atomic E-state index is -0.730. The van der Waals surface area contributed by atoms with Crippen molar-refractivity contribution in [1.29, 1.82) is 0 Å². The average molecular weight is 276 g/mol. The van der Waals surface area contributed by atoms with E-state index in [1.54, 1.807) is 0 Å². The number of carbonyl (C=O) groups is 1. The van der Waals surface area contributed by atoms with E-state index >= 15 is 0 Å². The van der Waals surface area contributed by atoms with Gasteiger partial charge in [-0.1, -0.05) is 45.0 Å². The molecular formula is C17H24O3. The summed E-state index contributed by atoms with van der Waals surface area (Å²) in [7, 11) is 0. The van der Waals surface area contributed by atoms with Crippen molar-refractivity contribution in [1.82, 2.24) is 0 Å². The molecule has 1 heterocycles. The van der Waals surface area contributed by atoms with E-state index in [2.05, 4.69) is 45.0 Å². The molecule has 1 aliphatic rings. The Balaban J connectivity index is 2.31. The maximum atomic E-state index is 11.2. The molecule has 0 atom stereocenters. The smallest absolute Gasteiger partial charge is 0.304 e. The Morgan fingerprint density at radius 3 is 2.20 bits per heavy atom. The standard InChI is InChI=1S/C17H24O3/c1-16(2,3)13-4-6-14(7-5-13)17(12-15(18)19)8-10-20-11-9-17/h4-7H,8-12H2,1-3H3,(H,18,19). The molecule has 0 amide bonds. The second kappa shape index (κ2) is 5.57. The summed E-state index contributed by atoms with van der Waals surface area (Å²) >= 11 is 0. The Bertz CT molecular complexity index is 462. The second-order valence-corrected chi connectivity index (χ2v) is 6.79. The van der Waals surface area contributed by atoms with Crippen molar-refractivity contribution >= 4 is 5.97 Å². The fourth-order valence-electron chi connectivity index (χ4n) is 2.94. The topological polar surface area (TPSA) is 46.5 Å². The first-order chi connectivity index (χ1) is 9.33. The first-order valence-corrected chi connectivity index (χ1v) is 7.24. The number of aliphatic carboxylic acids is 1. The first-order valence-electron chi connectivity index (χ1n) is 7.24. The summed E-state index contributed by atoms with van der Waals surface area (Å²) in [4.78, 5) is 11.2. The van der Waals surface area contributed by atoms with E-state index in [9.17, 15) is 9.90 Å². The third-order valence-electron chi connectivity index (χ3n) is 4.30. The zero-order chi connectivity index (χ0) is 14.8. The second-order valence-electron chi connectivity index (χ2n) is 6.79. The number of carboxylic acid groups (broad SMARTS) is 1. The predicted molar refractivity (Wildman–Crippen MR) is 79.1 cm³/mol. The van der Waals surface area contributed by atoms with Gasteiger partial charge in [-0.3, -0.25) is 4.79 Å². The number of hydrogen-bond donors (Lipinski definition) is 1. The fourth-order valence-corrected chi connectivity index (χ4v) is 2.94. The van der Waals surface area contributed by atoms with Crippen LogP contribution in [0.5, 0.6) is 0 Å². The number of rotatable bonds is 3. The van der Waals surface area contributed by atoms with Crippen molar-refractivity contribution in [2.45, 2.75) is 50.9 Å². The Hall–Kier alpha value is -1.35. The minimum Gasteiger partial charge on any atom is -0.481 e. The molecule has 3 nitrogen and oxygen atoms in total. The third kappa shape index (κ3) is 3.21. The highest BCUT2D eigenvalue weighted by Crippen LogP contribution is 2.38. The van der Waals surface area contributed by atoms with E-state index in [1.165, 1.54) is 5.56 Å². The lowest BCUT2D eigenvalue weighted by molar-refractivity contribution is -0.139. The van der Waals surface area contributed by atoms with Crippen molar-refractivity contribution < 1.29 is 14.6 Å². The molecule has 3 heteroatoms. The molecule has 0 spiro atoms. The maximum absolute atomic E-state index is 11.2. The van der Waals surface area contributed by atoms with Crippen LogP contribution in [0.1, 0.15) is 51.2 Å². The Kier molecular flexibility index (Phi) is 4.19. The van der Waals surface area contributed by atoms with Crippen LogP contribution in [0.3, 0.4) is 0 Å². The van der Waals surface area contributed by atoms with Crippen LogP contribution in [0, 0.1) is 0 Å². The van der Waals surface area contributed by atoms with Crippen LogP contribution in [-0.4, -0.2) is 24.3 Å². The van der Waals surface area contributed by atoms with Crippen LogP contribution >= 0.6 is 0 Å². The molecule has 0 radical (unpaired) electrons. The van der Waals surface area contributed by atoms with Gasteiger partial charge in [0.25, 0.3) is 0 Å². The lowest BCUT2D eigenvalue weighted by Gasteiger charge is -2.37. The van der Waals surface area contributed by atoms with E-state index in [4.69, 9.17) is 4.74 Å². The quantitative estimate of drug-likeness (QED) is 0.919. The van der Waals surface area contributed by atoms with Crippen LogP contribution in [0.15, 0.2) is 24.3 Å². The Morgan fingerprint density at radius 1 is 1.20 bits per heavy atom. The van der Waals surface area contributed by atoms with Gasteiger partial charge in [0.15, 0.2) is 0 Å². The van der Waals surface area contributed by atoms with Crippen LogP contribution in [0.2, 0.25) is 0 Å². The first kappa shape index (κ1) is 15.0. The van der Waals surface area contributed by atoms with Gasteiger partial charge < -0.3 is 9.84 Å². The van der Waals surface area contributed by atoms with Gasteiger partial charge in [-0.2, -0.15) is 0 Å². The van der Waals surface area contributed by atoms with E-state index in [0.717, 1.165) is 18.4 Å². The van der Waals surface area contributed by atoms with Gasteiger partial charge in [-0.15, -0.1) is 0 Å². The largest absolute Gasteiger partial charge is 0.481 e. The molecule has 0 bridgehead atoms. The summed E-state index contributed by atoms with van der Waals surface area (Å²) in [5.74, 6) is -0.730. The molecule has 1 saturated heterocycles. The Labute approximate surface area is 121 Å². The summed E-state index contributed by atoms with van der Waals surface area (Å²) in [5.41, 5.74) is 2.27. The average Bonchev–Trinajstić information content (AvgIpc) is 2.38. The molecule has 1 aromatic rings. The molecule has 1 fully saturated rings. The molecule has 20 heavy (non-hydrogen) atoms. The summed E-state index contributed by atoms with van der Waals surface area (Å²) < 4.78 is 5.41. The molecule has 2 rings (SSSR count). The van der Waals surface area contributed by atoms with Crippen molar-refractivity contribution in [3.05, 3.63) is 35.4 Å². The molecule has 0 saturated carbocycles. The highest BCUT2D eigenvalue weighted by atomic mass is 16.5. The van der Waals surface area contributed by atoms with Gasteiger partial charge in [-0.25, -0.2) is 0 Å². The van der Waals surface area contributed by atoms with Gasteiger partial charge in [-0.05, 0) is 29.4 Å². The summed E-state index contributed by atoms with van der Waals surface area (Å²) in [6.07, 6.45) is 1.76. The van der Waals surface area contributed by atoms with Crippen molar-refractivity contribution in [3.8, 4) is 0 Å². The van der Waals surface area contributed by atoms with Gasteiger partial charge in [0.2, 0.25) is 0 Å². The van der Waals surface area contributed by atoms with E-state index in [1.807, 2.05) is 0 Å². The molecular weight excluding hydrogens is 252 g/mol. The Morgan fingerprint density at radius 2 is 1.75 bits per heavy atom. The number of hydrogen-bond acceptors (Lipinski definition) is 2. The molecule has 0 unspecified atom stereocenters. The summed E-state index contributed by atoms with van der Waals surface area (Å²) in [5, 5.41) is 9.24. The van der Waals surface area contributed by atoms with Gasteiger partial charge in [0.1, 0.15) is 0 Å². The zero-order valence-corrected chi connectivity index (χ0v) is 12.6. The van der Waals surface area contributed by atoms with Crippen molar-refractivity contribution in [2.75, 3.05) is 13.2 Å². The highest BCUT2D eigenvalue weighted by Gasteiger charge is 2.36. The number of ether oxygens (including phenoxy) is 1. The van der Waals surface area contributed by atoms with Crippen LogP contribution in [-0.2, 0) is 20.4 Å². The van der Waals surface area contributed by atoms with Crippen molar-refractivity contribution in [2.24, 2.45) is 0 Å². The summed E-state index contributed by atoms with van der Waals surface area (Å²) in [6.45, 7) is 7.85. The van der Waals surface area contributed by atoms with Gasteiger partial charge in [0, 0.05) is 18.6 Å². The van der Waals surface area contributed by atoms with Crippen molar-refractivity contribution in [3.63, 3.8) is 0 Å².